The van der Waals surface area contributed by atoms with Gasteiger partial charge in [0.25, 0.3) is 0 Å². The van der Waals surface area contributed by atoms with Crippen LogP contribution in [-0.4, -0.2) is 35.9 Å². The highest BCUT2D eigenvalue weighted by molar-refractivity contribution is 5.79. The molecule has 142 valence electrons. The highest BCUT2D eigenvalue weighted by Crippen LogP contribution is 2.11. The summed E-state index contributed by atoms with van der Waals surface area (Å²) in [5.74, 6) is 0.817. The Labute approximate surface area is 156 Å². The molecule has 0 aliphatic rings. The van der Waals surface area contributed by atoms with Crippen LogP contribution in [0.3, 0.4) is 0 Å². The van der Waals surface area contributed by atoms with E-state index in [1.807, 2.05) is 36.9 Å². The molecule has 1 aromatic carbocycles. The zero-order valence-electron chi connectivity index (χ0n) is 16.4. The fraction of sp³-hybridized carbons (Fsp3) is 0.500. The smallest absolute Gasteiger partial charge is 0.191 e. The molecular weight excluding hydrogens is 326 g/mol. The minimum Gasteiger partial charge on any atom is -0.377 e. The monoisotopic (exact) mass is 357 g/mol. The van der Waals surface area contributed by atoms with Crippen molar-refractivity contribution < 1.29 is 4.74 Å². The van der Waals surface area contributed by atoms with Gasteiger partial charge in [0.1, 0.15) is 0 Å². The van der Waals surface area contributed by atoms with Crippen molar-refractivity contribution in [3.8, 4) is 0 Å². The van der Waals surface area contributed by atoms with E-state index in [2.05, 4.69) is 39.8 Å². The summed E-state index contributed by atoms with van der Waals surface area (Å²) in [6, 6.07) is 10.3. The third kappa shape index (κ3) is 6.19. The summed E-state index contributed by atoms with van der Waals surface area (Å²) in [4.78, 5) is 4.28. The molecule has 0 spiro atoms. The van der Waals surface area contributed by atoms with Crippen LogP contribution in [0.4, 0.5) is 0 Å². The molecule has 26 heavy (non-hydrogen) atoms. The molecule has 0 aliphatic heterocycles. The lowest BCUT2D eigenvalue weighted by Gasteiger charge is -2.12. The summed E-state index contributed by atoms with van der Waals surface area (Å²) in [6.45, 7) is 7.18. The summed E-state index contributed by atoms with van der Waals surface area (Å²) in [5, 5.41) is 11.2. The van der Waals surface area contributed by atoms with Crippen molar-refractivity contribution in [1.29, 1.82) is 0 Å². The number of aliphatic imine (C=N–C) groups is 1. The van der Waals surface area contributed by atoms with Crippen molar-refractivity contribution in [3.63, 3.8) is 0 Å². The molecular formula is C20H31N5O. The molecule has 0 radical (unpaired) electrons. The van der Waals surface area contributed by atoms with Crippen LogP contribution in [0.1, 0.15) is 35.4 Å². The van der Waals surface area contributed by atoms with Gasteiger partial charge in [0.05, 0.1) is 12.3 Å². The number of nitrogens with one attached hydrogen (secondary N) is 2. The zero-order valence-corrected chi connectivity index (χ0v) is 16.4. The van der Waals surface area contributed by atoms with Gasteiger partial charge in [-0.05, 0) is 32.3 Å². The number of hydrogen-bond donors (Lipinski definition) is 2. The van der Waals surface area contributed by atoms with E-state index in [4.69, 9.17) is 4.74 Å². The Balaban J connectivity index is 1.59. The number of rotatable bonds is 9. The maximum absolute atomic E-state index is 5.70. The van der Waals surface area contributed by atoms with Gasteiger partial charge in [0.15, 0.2) is 5.96 Å². The van der Waals surface area contributed by atoms with Crippen LogP contribution in [0.5, 0.6) is 0 Å². The molecule has 0 fully saturated rings. The maximum atomic E-state index is 5.70. The van der Waals surface area contributed by atoms with E-state index in [0.29, 0.717) is 6.61 Å². The van der Waals surface area contributed by atoms with Crippen molar-refractivity contribution >= 4 is 5.96 Å². The fourth-order valence-corrected chi connectivity index (χ4v) is 2.77. The number of ether oxygens (including phenoxy) is 1. The van der Waals surface area contributed by atoms with Crippen LogP contribution in [-0.2, 0) is 24.9 Å². The molecule has 0 atom stereocenters. The highest BCUT2D eigenvalue weighted by atomic mass is 16.5. The predicted octanol–water partition coefficient (Wildman–Crippen LogP) is 2.70. The normalized spacial score (nSPS) is 11.6. The average Bonchev–Trinajstić information content (AvgIpc) is 2.89. The molecule has 1 aromatic heterocycles. The second-order valence-corrected chi connectivity index (χ2v) is 6.37. The molecule has 0 aliphatic carbocycles. The number of benzene rings is 1. The lowest BCUT2D eigenvalue weighted by molar-refractivity contribution is 0.117. The standard InChI is InChI=1S/C20H31N5O/c1-16-19(17(2)25(4)24-16)14-23-20(21-3)22-12-8-9-13-26-15-18-10-6-5-7-11-18/h5-7,10-11H,8-9,12-15H2,1-4H3,(H2,21,22,23). The van der Waals surface area contributed by atoms with E-state index in [1.54, 1.807) is 7.05 Å². The second-order valence-electron chi connectivity index (χ2n) is 6.37. The second kappa shape index (κ2) is 10.6. The Bertz CT molecular complexity index is 694. The SMILES string of the molecule is CN=C(NCCCCOCc1ccccc1)NCc1c(C)nn(C)c1C. The number of aromatic nitrogens is 2. The number of nitrogens with zero attached hydrogens (tertiary/aromatic N) is 3. The average molecular weight is 358 g/mol. The third-order valence-corrected chi connectivity index (χ3v) is 4.43. The topological polar surface area (TPSA) is 63.5 Å². The van der Waals surface area contributed by atoms with Gasteiger partial charge in [-0.15, -0.1) is 0 Å². The minimum absolute atomic E-state index is 0.682. The Kier molecular flexibility index (Phi) is 8.15. The molecule has 6 heteroatoms. The molecule has 2 N–H and O–H groups in total. The molecule has 0 bridgehead atoms. The largest absolute Gasteiger partial charge is 0.377 e. The first kappa shape index (κ1) is 20.0. The van der Waals surface area contributed by atoms with Crippen LogP contribution in [0.25, 0.3) is 0 Å². The van der Waals surface area contributed by atoms with Gasteiger partial charge in [0, 0.05) is 45.0 Å². The first-order valence-corrected chi connectivity index (χ1v) is 9.17. The lowest BCUT2D eigenvalue weighted by atomic mass is 10.2. The van der Waals surface area contributed by atoms with E-state index >= 15 is 0 Å². The number of aryl methyl sites for hydroxylation is 2. The quantitative estimate of drug-likeness (QED) is 0.411. The van der Waals surface area contributed by atoms with Gasteiger partial charge in [-0.3, -0.25) is 9.67 Å². The van der Waals surface area contributed by atoms with Gasteiger partial charge >= 0.3 is 0 Å². The van der Waals surface area contributed by atoms with Crippen molar-refractivity contribution in [3.05, 3.63) is 52.8 Å². The van der Waals surface area contributed by atoms with Gasteiger partial charge in [-0.25, -0.2) is 0 Å². The third-order valence-electron chi connectivity index (χ3n) is 4.43. The van der Waals surface area contributed by atoms with E-state index in [1.165, 1.54) is 16.8 Å². The minimum atomic E-state index is 0.682. The van der Waals surface area contributed by atoms with Gasteiger partial charge < -0.3 is 15.4 Å². The highest BCUT2D eigenvalue weighted by Gasteiger charge is 2.09. The zero-order chi connectivity index (χ0) is 18.8. The van der Waals surface area contributed by atoms with Gasteiger partial charge in [-0.1, -0.05) is 30.3 Å². The number of guanidine groups is 1. The molecule has 2 aromatic rings. The van der Waals surface area contributed by atoms with Crippen molar-refractivity contribution in [2.75, 3.05) is 20.2 Å². The number of unbranched alkanes of at least 4 members (excludes halogenated alkanes) is 1. The molecule has 6 nitrogen and oxygen atoms in total. The predicted molar refractivity (Wildman–Crippen MR) is 106 cm³/mol. The van der Waals surface area contributed by atoms with Crippen LogP contribution < -0.4 is 10.6 Å². The summed E-state index contributed by atoms with van der Waals surface area (Å²) >= 11 is 0. The van der Waals surface area contributed by atoms with Gasteiger partial charge in [-0.2, -0.15) is 5.10 Å². The summed E-state index contributed by atoms with van der Waals surface area (Å²) in [6.07, 6.45) is 2.07. The number of hydrogen-bond acceptors (Lipinski definition) is 3. The first-order valence-electron chi connectivity index (χ1n) is 9.17. The van der Waals surface area contributed by atoms with E-state index < -0.39 is 0 Å². The van der Waals surface area contributed by atoms with E-state index in [0.717, 1.165) is 44.2 Å². The Morgan fingerprint density at radius 2 is 1.92 bits per heavy atom. The van der Waals surface area contributed by atoms with Crippen LogP contribution in [0.2, 0.25) is 0 Å². The van der Waals surface area contributed by atoms with Crippen molar-refractivity contribution in [2.24, 2.45) is 12.0 Å². The van der Waals surface area contributed by atoms with E-state index in [9.17, 15) is 0 Å². The first-order chi connectivity index (χ1) is 12.6. The Morgan fingerprint density at radius 3 is 2.58 bits per heavy atom. The molecule has 1 heterocycles. The van der Waals surface area contributed by atoms with Gasteiger partial charge in [0.2, 0.25) is 0 Å². The summed E-state index contributed by atoms with van der Waals surface area (Å²) < 4.78 is 7.62. The maximum Gasteiger partial charge on any atom is 0.191 e. The molecule has 0 unspecified atom stereocenters. The van der Waals surface area contributed by atoms with Crippen molar-refractivity contribution in [2.45, 2.75) is 39.8 Å². The van der Waals surface area contributed by atoms with Crippen LogP contribution >= 0.6 is 0 Å². The summed E-state index contributed by atoms with van der Waals surface area (Å²) in [5.41, 5.74) is 4.69. The summed E-state index contributed by atoms with van der Waals surface area (Å²) in [7, 11) is 3.76. The van der Waals surface area contributed by atoms with E-state index in [-0.39, 0.29) is 0 Å². The molecule has 0 saturated heterocycles. The Morgan fingerprint density at radius 1 is 1.15 bits per heavy atom. The molecule has 0 amide bonds. The molecule has 2 rings (SSSR count). The Hall–Kier alpha value is -2.34. The van der Waals surface area contributed by atoms with Crippen molar-refractivity contribution in [1.82, 2.24) is 20.4 Å². The fourth-order valence-electron chi connectivity index (χ4n) is 2.77. The lowest BCUT2D eigenvalue weighted by Crippen LogP contribution is -2.37. The van der Waals surface area contributed by atoms with Crippen LogP contribution in [0, 0.1) is 13.8 Å². The van der Waals surface area contributed by atoms with Crippen LogP contribution in [0.15, 0.2) is 35.3 Å². The molecule has 0 saturated carbocycles.